The molecule has 2 aromatic carbocycles. The Morgan fingerprint density at radius 1 is 1.07 bits per heavy atom. The first-order valence-corrected chi connectivity index (χ1v) is 13.8. The number of hydrogen-bond donors (Lipinski definition) is 3. The van der Waals surface area contributed by atoms with E-state index in [0.717, 1.165) is 30.2 Å². The summed E-state index contributed by atoms with van der Waals surface area (Å²) in [6.45, 7) is 5.95. The van der Waals surface area contributed by atoms with Crippen LogP contribution in [0, 0.1) is 11.6 Å². The van der Waals surface area contributed by atoms with Crippen molar-refractivity contribution in [2.75, 3.05) is 32.7 Å². The Bertz CT molecular complexity index is 1180. The summed E-state index contributed by atoms with van der Waals surface area (Å²) in [5.74, 6) is -2.42. The highest BCUT2D eigenvalue weighted by molar-refractivity contribution is 5.91. The summed E-state index contributed by atoms with van der Waals surface area (Å²) < 4.78 is 28.0. The molecule has 2 heterocycles. The SMILES string of the molecule is CCCN1CC(C(=O)N[C@@H](Cc2cc(F)cc(F)c2)[C@H](O)[C@@H]2NCCN(Cc3ccccc3)C2=O)N(CC)C1=O. The van der Waals surface area contributed by atoms with E-state index in [1.165, 1.54) is 4.90 Å². The fourth-order valence-corrected chi connectivity index (χ4v) is 5.47. The van der Waals surface area contributed by atoms with Gasteiger partial charge in [0.1, 0.15) is 23.7 Å². The smallest absolute Gasteiger partial charge is 0.320 e. The van der Waals surface area contributed by atoms with Crippen molar-refractivity contribution in [3.63, 3.8) is 0 Å². The molecule has 0 radical (unpaired) electrons. The fraction of sp³-hybridized carbons (Fsp3) is 0.483. The fourth-order valence-electron chi connectivity index (χ4n) is 5.47. The van der Waals surface area contributed by atoms with Crippen LogP contribution in [0.4, 0.5) is 13.6 Å². The van der Waals surface area contributed by atoms with Crippen LogP contribution in [0.1, 0.15) is 31.4 Å². The Balaban J connectivity index is 1.56. The molecule has 0 aromatic heterocycles. The zero-order valence-electron chi connectivity index (χ0n) is 22.9. The zero-order valence-corrected chi connectivity index (χ0v) is 22.9. The van der Waals surface area contributed by atoms with E-state index < -0.39 is 41.8 Å². The molecule has 3 N–H and O–H groups in total. The highest BCUT2D eigenvalue weighted by Gasteiger charge is 2.43. The van der Waals surface area contributed by atoms with Crippen molar-refractivity contribution in [3.05, 3.63) is 71.3 Å². The number of amides is 4. The number of benzene rings is 2. The van der Waals surface area contributed by atoms with Gasteiger partial charge in [-0.25, -0.2) is 13.6 Å². The number of halogens is 2. The third-order valence-electron chi connectivity index (χ3n) is 7.42. The lowest BCUT2D eigenvalue weighted by atomic mass is 9.93. The summed E-state index contributed by atoms with van der Waals surface area (Å²) in [5.41, 5.74) is 1.15. The quantitative estimate of drug-likeness (QED) is 0.392. The molecule has 2 aromatic rings. The molecule has 11 heteroatoms. The number of aliphatic hydroxyl groups excluding tert-OH is 1. The van der Waals surface area contributed by atoms with Gasteiger partial charge in [0.25, 0.3) is 0 Å². The number of carbonyl (C=O) groups excluding carboxylic acids is 3. The second-order valence-corrected chi connectivity index (χ2v) is 10.3. The molecule has 40 heavy (non-hydrogen) atoms. The van der Waals surface area contributed by atoms with Crippen molar-refractivity contribution in [1.82, 2.24) is 25.3 Å². The molecular formula is C29H37F2N5O4. The number of rotatable bonds is 11. The summed E-state index contributed by atoms with van der Waals surface area (Å²) in [6.07, 6.45) is -0.809. The van der Waals surface area contributed by atoms with Crippen molar-refractivity contribution >= 4 is 17.8 Å². The van der Waals surface area contributed by atoms with Gasteiger partial charge in [0, 0.05) is 38.8 Å². The number of nitrogens with one attached hydrogen (secondary N) is 2. The normalized spacial score (nSPS) is 21.1. The third-order valence-corrected chi connectivity index (χ3v) is 7.42. The van der Waals surface area contributed by atoms with Crippen LogP contribution in [0.5, 0.6) is 0 Å². The average Bonchev–Trinajstić information content (AvgIpc) is 3.24. The third kappa shape index (κ3) is 6.76. The largest absolute Gasteiger partial charge is 0.389 e. The van der Waals surface area contributed by atoms with Crippen LogP contribution in [-0.4, -0.2) is 94.6 Å². The van der Waals surface area contributed by atoms with Crippen LogP contribution in [0.2, 0.25) is 0 Å². The van der Waals surface area contributed by atoms with Crippen LogP contribution in [0.25, 0.3) is 0 Å². The van der Waals surface area contributed by atoms with E-state index in [2.05, 4.69) is 10.6 Å². The first kappa shape index (κ1) is 29.4. The standard InChI is InChI=1S/C29H37F2N5O4/c1-3-11-35-18-24(36(4-2)29(35)40)27(38)33-23(15-20-13-21(30)16-22(31)14-20)26(37)25-28(39)34(12-10-32-25)17-19-8-6-5-7-9-19/h5-9,13-14,16,23-26,32,37H,3-4,10-12,15,17-18H2,1-2H3,(H,33,38)/t23-,24?,25-,26-/m0/s1. The Hall–Kier alpha value is -3.57. The molecule has 216 valence electrons. The van der Waals surface area contributed by atoms with E-state index in [-0.39, 0.29) is 30.5 Å². The summed E-state index contributed by atoms with van der Waals surface area (Å²) in [5, 5.41) is 17.4. The van der Waals surface area contributed by atoms with Gasteiger partial charge in [-0.1, -0.05) is 37.3 Å². The van der Waals surface area contributed by atoms with Crippen molar-refractivity contribution in [2.45, 2.75) is 57.5 Å². The maximum absolute atomic E-state index is 14.0. The zero-order chi connectivity index (χ0) is 28.8. The number of nitrogens with zero attached hydrogens (tertiary/aromatic N) is 3. The van der Waals surface area contributed by atoms with E-state index in [9.17, 15) is 28.3 Å². The van der Waals surface area contributed by atoms with Crippen LogP contribution in [-0.2, 0) is 22.6 Å². The highest BCUT2D eigenvalue weighted by atomic mass is 19.1. The maximum Gasteiger partial charge on any atom is 0.320 e. The molecule has 0 spiro atoms. The predicted octanol–water partition coefficient (Wildman–Crippen LogP) is 1.89. The summed E-state index contributed by atoms with van der Waals surface area (Å²) in [6, 6.07) is 9.32. The first-order valence-electron chi connectivity index (χ1n) is 13.8. The van der Waals surface area contributed by atoms with Gasteiger partial charge in [-0.3, -0.25) is 9.59 Å². The summed E-state index contributed by atoms with van der Waals surface area (Å²) in [4.78, 5) is 44.4. The molecular weight excluding hydrogens is 520 g/mol. The predicted molar refractivity (Wildman–Crippen MR) is 145 cm³/mol. The molecule has 0 bridgehead atoms. The van der Waals surface area contributed by atoms with Crippen LogP contribution < -0.4 is 10.6 Å². The lowest BCUT2D eigenvalue weighted by Crippen LogP contribution is -2.64. The minimum atomic E-state index is -1.42. The monoisotopic (exact) mass is 557 g/mol. The molecule has 2 aliphatic rings. The molecule has 1 unspecified atom stereocenters. The second-order valence-electron chi connectivity index (χ2n) is 10.3. The van der Waals surface area contributed by atoms with Gasteiger partial charge < -0.3 is 30.4 Å². The Morgan fingerprint density at radius 2 is 1.77 bits per heavy atom. The van der Waals surface area contributed by atoms with Gasteiger partial charge in [-0.15, -0.1) is 0 Å². The number of hydrogen-bond acceptors (Lipinski definition) is 5. The van der Waals surface area contributed by atoms with Gasteiger partial charge >= 0.3 is 6.03 Å². The highest BCUT2D eigenvalue weighted by Crippen LogP contribution is 2.20. The van der Waals surface area contributed by atoms with Gasteiger partial charge in [0.2, 0.25) is 11.8 Å². The van der Waals surface area contributed by atoms with E-state index >= 15 is 0 Å². The lowest BCUT2D eigenvalue weighted by molar-refractivity contribution is -0.141. The minimum Gasteiger partial charge on any atom is -0.389 e. The Kier molecular flexibility index (Phi) is 9.70. The lowest BCUT2D eigenvalue weighted by Gasteiger charge is -2.38. The summed E-state index contributed by atoms with van der Waals surface area (Å²) >= 11 is 0. The minimum absolute atomic E-state index is 0.128. The maximum atomic E-state index is 14.0. The van der Waals surface area contributed by atoms with E-state index in [1.807, 2.05) is 37.3 Å². The molecule has 4 amide bonds. The van der Waals surface area contributed by atoms with Crippen molar-refractivity contribution < 1.29 is 28.3 Å². The molecule has 2 saturated heterocycles. The number of urea groups is 1. The topological polar surface area (TPSA) is 105 Å². The van der Waals surface area contributed by atoms with E-state index in [4.69, 9.17) is 0 Å². The molecule has 9 nitrogen and oxygen atoms in total. The number of piperazine rings is 1. The van der Waals surface area contributed by atoms with Crippen LogP contribution >= 0.6 is 0 Å². The van der Waals surface area contributed by atoms with Gasteiger partial charge in [0.15, 0.2) is 0 Å². The van der Waals surface area contributed by atoms with Crippen LogP contribution in [0.3, 0.4) is 0 Å². The van der Waals surface area contributed by atoms with Crippen molar-refractivity contribution in [3.8, 4) is 0 Å². The van der Waals surface area contributed by atoms with E-state index in [1.54, 1.807) is 16.7 Å². The van der Waals surface area contributed by atoms with Gasteiger partial charge in [-0.05, 0) is 43.0 Å². The Morgan fingerprint density at radius 3 is 2.42 bits per heavy atom. The average molecular weight is 558 g/mol. The molecule has 4 rings (SSSR count). The number of likely N-dealkylation sites (N-methyl/N-ethyl adjacent to an activating group) is 1. The summed E-state index contributed by atoms with van der Waals surface area (Å²) in [7, 11) is 0. The van der Waals surface area contributed by atoms with E-state index in [0.29, 0.717) is 32.7 Å². The Labute approximate surface area is 233 Å². The van der Waals surface area contributed by atoms with Crippen LogP contribution in [0.15, 0.2) is 48.5 Å². The van der Waals surface area contributed by atoms with Gasteiger partial charge in [0.05, 0.1) is 18.7 Å². The molecule has 0 saturated carbocycles. The first-order chi connectivity index (χ1) is 19.2. The van der Waals surface area contributed by atoms with Crippen molar-refractivity contribution in [1.29, 1.82) is 0 Å². The number of carbonyl (C=O) groups is 3. The molecule has 2 fully saturated rings. The number of aliphatic hydroxyl groups is 1. The molecule has 0 aliphatic carbocycles. The molecule has 4 atom stereocenters. The molecule has 2 aliphatic heterocycles. The van der Waals surface area contributed by atoms with Crippen molar-refractivity contribution in [2.24, 2.45) is 0 Å². The second kappa shape index (κ2) is 13.2. The van der Waals surface area contributed by atoms with Gasteiger partial charge in [-0.2, -0.15) is 0 Å².